The first kappa shape index (κ1) is 14.5. The lowest BCUT2D eigenvalue weighted by molar-refractivity contribution is 0.469. The normalized spacial score (nSPS) is 11.9. The maximum atomic E-state index is 12.4. The SMILES string of the molecule is CN(Cc1cccs1)S(=O)(=O)c1cccc(CCl)c1. The van der Waals surface area contributed by atoms with Crippen LogP contribution < -0.4 is 0 Å². The molecule has 0 radical (unpaired) electrons. The Hall–Kier alpha value is -0.880. The summed E-state index contributed by atoms with van der Waals surface area (Å²) in [6.07, 6.45) is 0. The molecule has 3 nitrogen and oxygen atoms in total. The standard InChI is InChI=1S/C13H14ClNO2S2/c1-15(10-12-5-3-7-18-12)19(16,17)13-6-2-4-11(8-13)9-14/h2-8H,9-10H2,1H3. The number of hydrogen-bond acceptors (Lipinski definition) is 3. The third-order valence-electron chi connectivity index (χ3n) is 2.72. The zero-order chi connectivity index (χ0) is 13.9. The number of benzene rings is 1. The minimum Gasteiger partial charge on any atom is -0.207 e. The van der Waals surface area contributed by atoms with Gasteiger partial charge in [-0.05, 0) is 29.1 Å². The number of halogens is 1. The Bertz CT molecular complexity index is 638. The Morgan fingerprint density at radius 3 is 2.68 bits per heavy atom. The summed E-state index contributed by atoms with van der Waals surface area (Å²) in [6, 6.07) is 10.6. The lowest BCUT2D eigenvalue weighted by Gasteiger charge is -2.16. The predicted molar refractivity (Wildman–Crippen MR) is 79.0 cm³/mol. The molecular formula is C13H14ClNO2S2. The molecule has 19 heavy (non-hydrogen) atoms. The molecule has 0 amide bonds. The van der Waals surface area contributed by atoms with E-state index < -0.39 is 10.0 Å². The van der Waals surface area contributed by atoms with Gasteiger partial charge in [0.25, 0.3) is 0 Å². The van der Waals surface area contributed by atoms with E-state index >= 15 is 0 Å². The third kappa shape index (κ3) is 3.36. The van der Waals surface area contributed by atoms with Crippen molar-refractivity contribution in [3.63, 3.8) is 0 Å². The number of rotatable bonds is 5. The molecular weight excluding hydrogens is 302 g/mol. The van der Waals surface area contributed by atoms with Crippen LogP contribution in [0.15, 0.2) is 46.7 Å². The van der Waals surface area contributed by atoms with Crippen LogP contribution in [0.5, 0.6) is 0 Å². The van der Waals surface area contributed by atoms with Gasteiger partial charge in [-0.15, -0.1) is 22.9 Å². The van der Waals surface area contributed by atoms with Gasteiger partial charge in [-0.25, -0.2) is 8.42 Å². The van der Waals surface area contributed by atoms with E-state index in [1.807, 2.05) is 23.6 Å². The van der Waals surface area contributed by atoms with Gasteiger partial charge < -0.3 is 0 Å². The largest absolute Gasteiger partial charge is 0.243 e. The van der Waals surface area contributed by atoms with Crippen LogP contribution in [0.25, 0.3) is 0 Å². The molecule has 0 spiro atoms. The average molecular weight is 316 g/mol. The van der Waals surface area contributed by atoms with Gasteiger partial charge >= 0.3 is 0 Å². The minimum atomic E-state index is -3.47. The Morgan fingerprint density at radius 2 is 2.05 bits per heavy atom. The Kier molecular flexibility index (Phi) is 4.62. The zero-order valence-corrected chi connectivity index (χ0v) is 12.8. The van der Waals surface area contributed by atoms with Crippen LogP contribution in [-0.4, -0.2) is 19.8 Å². The van der Waals surface area contributed by atoms with Crippen molar-refractivity contribution in [3.05, 3.63) is 52.2 Å². The molecule has 1 heterocycles. The molecule has 1 aromatic carbocycles. The maximum absolute atomic E-state index is 12.4. The predicted octanol–water partition coefficient (Wildman–Crippen LogP) is 3.31. The summed E-state index contributed by atoms with van der Waals surface area (Å²) in [7, 11) is -1.88. The summed E-state index contributed by atoms with van der Waals surface area (Å²) in [5.41, 5.74) is 0.798. The highest BCUT2D eigenvalue weighted by atomic mass is 35.5. The first-order valence-electron chi connectivity index (χ1n) is 5.67. The van der Waals surface area contributed by atoms with Crippen molar-refractivity contribution in [1.82, 2.24) is 4.31 Å². The van der Waals surface area contributed by atoms with Crippen molar-refractivity contribution in [1.29, 1.82) is 0 Å². The molecule has 102 valence electrons. The first-order chi connectivity index (χ1) is 9.04. The zero-order valence-electron chi connectivity index (χ0n) is 10.4. The van der Waals surface area contributed by atoms with E-state index in [2.05, 4.69) is 0 Å². The van der Waals surface area contributed by atoms with Crippen molar-refractivity contribution < 1.29 is 8.42 Å². The smallest absolute Gasteiger partial charge is 0.207 e. The van der Waals surface area contributed by atoms with Crippen LogP contribution in [-0.2, 0) is 22.4 Å². The third-order valence-corrected chi connectivity index (χ3v) is 5.69. The summed E-state index contributed by atoms with van der Waals surface area (Å²) in [5.74, 6) is 0.304. The molecule has 0 aliphatic heterocycles. The van der Waals surface area contributed by atoms with Crippen molar-refractivity contribution >= 4 is 33.0 Å². The van der Waals surface area contributed by atoms with Crippen molar-refractivity contribution in [2.24, 2.45) is 0 Å². The van der Waals surface area contributed by atoms with Crippen LogP contribution >= 0.6 is 22.9 Å². The second-order valence-electron chi connectivity index (χ2n) is 4.12. The van der Waals surface area contributed by atoms with Gasteiger partial charge in [0.15, 0.2) is 0 Å². The molecule has 0 N–H and O–H groups in total. The van der Waals surface area contributed by atoms with Crippen LogP contribution in [0.1, 0.15) is 10.4 Å². The number of sulfonamides is 1. The van der Waals surface area contributed by atoms with Gasteiger partial charge in [-0.2, -0.15) is 4.31 Å². The van der Waals surface area contributed by atoms with E-state index in [0.717, 1.165) is 10.4 Å². The van der Waals surface area contributed by atoms with E-state index in [9.17, 15) is 8.42 Å². The van der Waals surface area contributed by atoms with E-state index in [-0.39, 0.29) is 4.90 Å². The molecule has 0 bridgehead atoms. The highest BCUT2D eigenvalue weighted by Crippen LogP contribution is 2.20. The molecule has 0 fully saturated rings. The molecule has 0 saturated carbocycles. The number of alkyl halides is 1. The molecule has 0 unspecified atom stereocenters. The molecule has 0 aliphatic carbocycles. The Morgan fingerprint density at radius 1 is 1.26 bits per heavy atom. The molecule has 1 aromatic heterocycles. The van der Waals surface area contributed by atoms with E-state index in [1.165, 1.54) is 4.31 Å². The number of nitrogens with zero attached hydrogens (tertiary/aromatic N) is 1. The fraction of sp³-hybridized carbons (Fsp3) is 0.231. The lowest BCUT2D eigenvalue weighted by atomic mass is 10.2. The Labute approximate surface area is 122 Å². The van der Waals surface area contributed by atoms with Crippen molar-refractivity contribution in [3.8, 4) is 0 Å². The van der Waals surface area contributed by atoms with Crippen molar-refractivity contribution in [2.75, 3.05) is 7.05 Å². The molecule has 6 heteroatoms. The van der Waals surface area contributed by atoms with Crippen LogP contribution in [0.3, 0.4) is 0 Å². The van der Waals surface area contributed by atoms with E-state index in [0.29, 0.717) is 12.4 Å². The van der Waals surface area contributed by atoms with Gasteiger partial charge in [0.05, 0.1) is 4.90 Å². The maximum Gasteiger partial charge on any atom is 0.243 e. The van der Waals surface area contributed by atoms with Gasteiger partial charge in [0.2, 0.25) is 10.0 Å². The van der Waals surface area contributed by atoms with Gasteiger partial charge in [-0.1, -0.05) is 18.2 Å². The average Bonchev–Trinajstić information content (AvgIpc) is 2.91. The molecule has 0 atom stereocenters. The van der Waals surface area contributed by atoms with Crippen LogP contribution in [0.2, 0.25) is 0 Å². The summed E-state index contributed by atoms with van der Waals surface area (Å²) in [4.78, 5) is 1.30. The minimum absolute atomic E-state index is 0.282. The van der Waals surface area contributed by atoms with Gasteiger partial charge in [-0.3, -0.25) is 0 Å². The number of thiophene rings is 1. The van der Waals surface area contributed by atoms with Gasteiger partial charge in [0.1, 0.15) is 0 Å². The van der Waals surface area contributed by atoms with E-state index in [1.54, 1.807) is 36.6 Å². The fourth-order valence-corrected chi connectivity index (χ4v) is 3.90. The molecule has 0 aliphatic rings. The Balaban J connectivity index is 2.25. The summed E-state index contributed by atoms with van der Waals surface area (Å²) < 4.78 is 26.2. The molecule has 0 saturated heterocycles. The van der Waals surface area contributed by atoms with Crippen LogP contribution in [0, 0.1) is 0 Å². The summed E-state index contributed by atoms with van der Waals surface area (Å²) >= 11 is 7.28. The highest BCUT2D eigenvalue weighted by molar-refractivity contribution is 7.89. The fourth-order valence-electron chi connectivity index (χ4n) is 1.68. The second-order valence-corrected chi connectivity index (χ2v) is 7.47. The first-order valence-corrected chi connectivity index (χ1v) is 8.53. The summed E-state index contributed by atoms with van der Waals surface area (Å²) in [5, 5.41) is 1.93. The van der Waals surface area contributed by atoms with E-state index in [4.69, 9.17) is 11.6 Å². The van der Waals surface area contributed by atoms with Gasteiger partial charge in [0, 0.05) is 24.3 Å². The quantitative estimate of drug-likeness (QED) is 0.794. The lowest BCUT2D eigenvalue weighted by Crippen LogP contribution is -2.26. The van der Waals surface area contributed by atoms with Crippen molar-refractivity contribution in [2.45, 2.75) is 17.3 Å². The number of hydrogen-bond donors (Lipinski definition) is 0. The molecule has 2 aromatic rings. The highest BCUT2D eigenvalue weighted by Gasteiger charge is 2.21. The topological polar surface area (TPSA) is 37.4 Å². The molecule has 2 rings (SSSR count). The van der Waals surface area contributed by atoms with Crippen LogP contribution in [0.4, 0.5) is 0 Å². The summed E-state index contributed by atoms with van der Waals surface area (Å²) in [6.45, 7) is 0.380. The second kappa shape index (κ2) is 6.05. The monoisotopic (exact) mass is 315 g/mol.